The number of hydrogen-bond donors (Lipinski definition) is 3. The van der Waals surface area contributed by atoms with Crippen LogP contribution in [0.3, 0.4) is 0 Å². The Balaban J connectivity index is 2.11. The van der Waals surface area contributed by atoms with E-state index in [9.17, 15) is 0 Å². The smallest absolute Gasteiger partial charge is 0.152 e. The topological polar surface area (TPSA) is 94.2 Å². The molecule has 2 aromatic heterocycles. The average molecular weight is 280 g/mol. The van der Waals surface area contributed by atoms with Crippen LogP contribution in [0.5, 0.6) is 0 Å². The van der Waals surface area contributed by atoms with E-state index in [1.807, 2.05) is 54.2 Å². The van der Waals surface area contributed by atoms with Crippen molar-refractivity contribution in [3.63, 3.8) is 0 Å². The van der Waals surface area contributed by atoms with Gasteiger partial charge in [0.25, 0.3) is 0 Å². The zero-order valence-electron chi connectivity index (χ0n) is 11.6. The number of hydrogen-bond acceptors (Lipinski definition) is 4. The van der Waals surface area contributed by atoms with Crippen molar-refractivity contribution in [3.05, 3.63) is 59.9 Å². The largest absolute Gasteiger partial charge is 0.382 e. The maximum Gasteiger partial charge on any atom is 0.152 e. The summed E-state index contributed by atoms with van der Waals surface area (Å²) in [5, 5.41) is 4.89. The molecule has 21 heavy (non-hydrogen) atoms. The number of nitrogens with one attached hydrogen (secondary N) is 1. The lowest BCUT2D eigenvalue weighted by Gasteiger charge is -2.07. The first-order chi connectivity index (χ1) is 10.2. The van der Waals surface area contributed by atoms with Crippen LogP contribution in [0.2, 0.25) is 0 Å². The molecule has 0 aliphatic heterocycles. The van der Waals surface area contributed by atoms with E-state index in [4.69, 9.17) is 11.6 Å². The zero-order chi connectivity index (χ0) is 14.8. The molecule has 0 radical (unpaired) electrons. The van der Waals surface area contributed by atoms with E-state index in [-0.39, 0.29) is 0 Å². The number of aryl methyl sites for hydroxylation is 1. The molecule has 0 fully saturated rings. The van der Waals surface area contributed by atoms with Gasteiger partial charge in [-0.05, 0) is 36.8 Å². The summed E-state index contributed by atoms with van der Waals surface area (Å²) in [5.41, 5.74) is 11.8. The monoisotopic (exact) mass is 280 g/mol. The molecule has 5 N–H and O–H groups in total. The summed E-state index contributed by atoms with van der Waals surface area (Å²) < 4.78 is 2.02. The first-order valence-corrected chi connectivity index (χ1v) is 6.52. The summed E-state index contributed by atoms with van der Waals surface area (Å²) in [6, 6.07) is 11.9. The lowest BCUT2D eigenvalue weighted by atomic mass is 10.2. The highest BCUT2D eigenvalue weighted by Crippen LogP contribution is 2.20. The Labute approximate surface area is 122 Å². The van der Waals surface area contributed by atoms with Crippen LogP contribution >= 0.6 is 0 Å². The third-order valence-electron chi connectivity index (χ3n) is 3.27. The third kappa shape index (κ3) is 2.44. The fourth-order valence-electron chi connectivity index (χ4n) is 2.29. The molecule has 6 nitrogen and oxygen atoms in total. The Morgan fingerprint density at radius 1 is 1.29 bits per heavy atom. The summed E-state index contributed by atoms with van der Waals surface area (Å²) in [5.74, 6) is 5.49. The van der Waals surface area contributed by atoms with E-state index >= 15 is 0 Å². The second-order valence-corrected chi connectivity index (χ2v) is 4.79. The van der Waals surface area contributed by atoms with E-state index in [1.165, 1.54) is 0 Å². The van der Waals surface area contributed by atoms with Crippen molar-refractivity contribution in [1.29, 1.82) is 0 Å². The van der Waals surface area contributed by atoms with Crippen LogP contribution in [0, 0.1) is 6.92 Å². The van der Waals surface area contributed by atoms with Gasteiger partial charge in [-0.2, -0.15) is 0 Å². The minimum Gasteiger partial charge on any atom is -0.382 e. The van der Waals surface area contributed by atoms with Crippen molar-refractivity contribution in [1.82, 2.24) is 15.1 Å². The number of hydrazine groups is 1. The van der Waals surface area contributed by atoms with E-state index in [2.05, 4.69) is 21.7 Å². The molecule has 6 heteroatoms. The number of pyridine rings is 1. The van der Waals surface area contributed by atoms with E-state index < -0.39 is 0 Å². The highest BCUT2D eigenvalue weighted by atomic mass is 15.5. The highest BCUT2D eigenvalue weighted by Gasteiger charge is 2.06. The molecule has 0 aliphatic rings. The lowest BCUT2D eigenvalue weighted by Crippen LogP contribution is -2.23. The number of aromatic nitrogens is 2. The standard InChI is InChI=1S/C15H16N6/c1-10-7-12-5-6-21(15(12)18-9-10)13-4-2-3-11(8-13)14(16)19-20-17/h2-9,20H,17H2,1H3,(H2,16,19). The van der Waals surface area contributed by atoms with Gasteiger partial charge in [0, 0.05) is 29.0 Å². The van der Waals surface area contributed by atoms with Gasteiger partial charge in [0.2, 0.25) is 0 Å². The number of amidine groups is 1. The quantitative estimate of drug-likeness (QED) is 0.293. The van der Waals surface area contributed by atoms with Gasteiger partial charge < -0.3 is 10.3 Å². The van der Waals surface area contributed by atoms with E-state index in [0.29, 0.717) is 5.84 Å². The van der Waals surface area contributed by atoms with Gasteiger partial charge >= 0.3 is 0 Å². The van der Waals surface area contributed by atoms with Crippen LogP contribution in [0.4, 0.5) is 0 Å². The molecule has 3 rings (SSSR count). The zero-order valence-corrected chi connectivity index (χ0v) is 11.6. The Bertz CT molecular complexity index is 818. The molecule has 3 aromatic rings. The van der Waals surface area contributed by atoms with Gasteiger partial charge in [0.15, 0.2) is 5.84 Å². The van der Waals surface area contributed by atoms with E-state index in [0.717, 1.165) is 27.8 Å². The van der Waals surface area contributed by atoms with Crippen molar-refractivity contribution in [2.45, 2.75) is 6.92 Å². The first kappa shape index (κ1) is 13.1. The van der Waals surface area contributed by atoms with Crippen LogP contribution in [0.1, 0.15) is 11.1 Å². The number of nitrogens with zero attached hydrogens (tertiary/aromatic N) is 3. The number of rotatable bonds is 3. The fourth-order valence-corrected chi connectivity index (χ4v) is 2.29. The van der Waals surface area contributed by atoms with Gasteiger partial charge in [0.05, 0.1) is 0 Å². The molecular weight excluding hydrogens is 264 g/mol. The molecule has 0 bridgehead atoms. The number of benzene rings is 1. The summed E-state index contributed by atoms with van der Waals surface area (Å²) >= 11 is 0. The Morgan fingerprint density at radius 2 is 2.14 bits per heavy atom. The molecule has 0 unspecified atom stereocenters. The molecule has 106 valence electrons. The van der Waals surface area contributed by atoms with Gasteiger partial charge in [-0.1, -0.05) is 12.1 Å². The minimum atomic E-state index is 0.333. The molecule has 1 aromatic carbocycles. The molecule has 0 amide bonds. The molecule has 0 saturated heterocycles. The SMILES string of the molecule is Cc1cnc2c(ccn2-c2cccc(/C(N)=N/NN)c2)c1. The predicted octanol–water partition coefficient (Wildman–Crippen LogP) is 1.42. The summed E-state index contributed by atoms with van der Waals surface area (Å²) in [7, 11) is 0. The average Bonchev–Trinajstić information content (AvgIpc) is 2.90. The maximum atomic E-state index is 5.84. The van der Waals surface area contributed by atoms with Crippen LogP contribution < -0.4 is 17.1 Å². The molecule has 0 aliphatic carbocycles. The third-order valence-corrected chi connectivity index (χ3v) is 3.27. The van der Waals surface area contributed by atoms with Gasteiger partial charge in [0.1, 0.15) is 5.65 Å². The number of hydrazone groups is 1. The Hall–Kier alpha value is -2.86. The van der Waals surface area contributed by atoms with Gasteiger partial charge in [-0.3, -0.25) is 0 Å². The highest BCUT2D eigenvalue weighted by molar-refractivity contribution is 5.97. The van der Waals surface area contributed by atoms with Crippen molar-refractivity contribution >= 4 is 16.9 Å². The molecule has 0 atom stereocenters. The normalized spacial score (nSPS) is 11.8. The van der Waals surface area contributed by atoms with Crippen LogP contribution in [0.25, 0.3) is 16.7 Å². The summed E-state index contributed by atoms with van der Waals surface area (Å²) in [6.07, 6.45) is 3.85. The Morgan fingerprint density at radius 3 is 2.95 bits per heavy atom. The molecule has 0 spiro atoms. The summed E-state index contributed by atoms with van der Waals surface area (Å²) in [4.78, 5) is 4.50. The van der Waals surface area contributed by atoms with Crippen molar-refractivity contribution in [3.8, 4) is 5.69 Å². The second kappa shape index (κ2) is 5.26. The van der Waals surface area contributed by atoms with Crippen molar-refractivity contribution in [2.24, 2.45) is 16.7 Å². The fraction of sp³-hybridized carbons (Fsp3) is 0.0667. The minimum absolute atomic E-state index is 0.333. The van der Waals surface area contributed by atoms with Crippen molar-refractivity contribution in [2.75, 3.05) is 0 Å². The second-order valence-electron chi connectivity index (χ2n) is 4.79. The molecule has 0 saturated carbocycles. The van der Waals surface area contributed by atoms with Crippen LogP contribution in [0.15, 0.2) is 53.9 Å². The van der Waals surface area contributed by atoms with E-state index in [1.54, 1.807) is 0 Å². The number of nitrogens with two attached hydrogens (primary N) is 2. The van der Waals surface area contributed by atoms with Crippen LogP contribution in [-0.4, -0.2) is 15.4 Å². The van der Waals surface area contributed by atoms with Crippen LogP contribution in [-0.2, 0) is 0 Å². The lowest BCUT2D eigenvalue weighted by molar-refractivity contribution is 0.804. The maximum absolute atomic E-state index is 5.84. The van der Waals surface area contributed by atoms with Gasteiger partial charge in [-0.15, -0.1) is 5.10 Å². The summed E-state index contributed by atoms with van der Waals surface area (Å²) in [6.45, 7) is 2.03. The molecule has 2 heterocycles. The number of fused-ring (bicyclic) bond motifs is 1. The molecular formula is C15H16N6. The Kier molecular flexibility index (Phi) is 3.29. The van der Waals surface area contributed by atoms with Gasteiger partial charge in [-0.25, -0.2) is 16.4 Å². The first-order valence-electron chi connectivity index (χ1n) is 6.52. The predicted molar refractivity (Wildman–Crippen MR) is 83.9 cm³/mol. The van der Waals surface area contributed by atoms with Crippen molar-refractivity contribution < 1.29 is 0 Å².